The van der Waals surface area contributed by atoms with E-state index in [0.29, 0.717) is 37.4 Å². The van der Waals surface area contributed by atoms with Gasteiger partial charge in [0.25, 0.3) is 0 Å². The second kappa shape index (κ2) is 6.98. The van der Waals surface area contributed by atoms with Gasteiger partial charge in [0.2, 0.25) is 0 Å². The summed E-state index contributed by atoms with van der Waals surface area (Å²) in [6, 6.07) is 0. The molecule has 0 radical (unpaired) electrons. The Labute approximate surface area is 172 Å². The molecule has 8 nitrogen and oxygen atoms in total. The number of hydrogen-bond donors (Lipinski definition) is 0. The molecule has 0 aromatic carbocycles. The summed E-state index contributed by atoms with van der Waals surface area (Å²) in [6.45, 7) is 6.96. The average molecular weight is 426 g/mol. The summed E-state index contributed by atoms with van der Waals surface area (Å²) < 4.78 is 44.5. The molecule has 1 amide bonds. The van der Waals surface area contributed by atoms with Crippen LogP contribution >= 0.6 is 0 Å². The Bertz CT molecular complexity index is 954. The summed E-state index contributed by atoms with van der Waals surface area (Å²) in [7, 11) is 0. The van der Waals surface area contributed by atoms with Crippen LogP contribution in [0.15, 0.2) is 12.5 Å². The molecule has 0 bridgehead atoms. The number of aromatic nitrogens is 4. The predicted octanol–water partition coefficient (Wildman–Crippen LogP) is 3.23. The molecule has 4 rings (SSSR count). The fraction of sp³-hybridized carbons (Fsp3) is 0.684. The van der Waals surface area contributed by atoms with Crippen LogP contribution in [0.1, 0.15) is 33.6 Å². The van der Waals surface area contributed by atoms with E-state index in [-0.39, 0.29) is 17.2 Å². The van der Waals surface area contributed by atoms with Crippen molar-refractivity contribution in [2.75, 3.05) is 31.1 Å². The fourth-order valence-electron chi connectivity index (χ4n) is 4.26. The summed E-state index contributed by atoms with van der Waals surface area (Å²) in [6.07, 6.45) is -0.267. The van der Waals surface area contributed by atoms with E-state index in [0.717, 1.165) is 17.5 Å². The minimum atomic E-state index is -4.36. The minimum absolute atomic E-state index is 0.0733. The lowest BCUT2D eigenvalue weighted by atomic mass is 9.86. The summed E-state index contributed by atoms with van der Waals surface area (Å²) in [5.74, 6) is 0.584. The first-order chi connectivity index (χ1) is 13.9. The van der Waals surface area contributed by atoms with Crippen LogP contribution in [0, 0.1) is 5.41 Å². The standard InChI is InChI=1S/C19H25F3N6O2/c1-17(2,3)30-16(29)27-7-5-18(10-27)4-6-26(9-18)15-13-8-28(11-19(20,21)22)25-14(13)23-12-24-15/h8,12H,4-7,9-11H2,1-3H3. The maximum Gasteiger partial charge on any atom is 0.410 e. The quantitative estimate of drug-likeness (QED) is 0.734. The Kier molecular flexibility index (Phi) is 4.81. The molecule has 2 aromatic heterocycles. The smallest absolute Gasteiger partial charge is 0.410 e. The van der Waals surface area contributed by atoms with Crippen LogP contribution in [-0.2, 0) is 11.3 Å². The third kappa shape index (κ3) is 4.29. The number of anilines is 1. The highest BCUT2D eigenvalue weighted by Crippen LogP contribution is 2.42. The summed E-state index contributed by atoms with van der Waals surface area (Å²) in [5.41, 5.74) is -0.375. The van der Waals surface area contributed by atoms with Gasteiger partial charge in [-0.25, -0.2) is 14.8 Å². The number of rotatable bonds is 2. The van der Waals surface area contributed by atoms with Crippen LogP contribution in [0.25, 0.3) is 11.0 Å². The number of amides is 1. The summed E-state index contributed by atoms with van der Waals surface area (Å²) >= 11 is 0. The zero-order chi connectivity index (χ0) is 21.7. The van der Waals surface area contributed by atoms with Crippen molar-refractivity contribution in [3.8, 4) is 0 Å². The van der Waals surface area contributed by atoms with Gasteiger partial charge in [0.05, 0.1) is 5.39 Å². The highest BCUT2D eigenvalue weighted by atomic mass is 19.4. The molecule has 2 aliphatic rings. The van der Waals surface area contributed by atoms with E-state index in [1.54, 1.807) is 4.90 Å². The Morgan fingerprint density at radius 3 is 2.60 bits per heavy atom. The van der Waals surface area contributed by atoms with Crippen LogP contribution in [0.5, 0.6) is 0 Å². The van der Waals surface area contributed by atoms with Gasteiger partial charge in [-0.15, -0.1) is 0 Å². The van der Waals surface area contributed by atoms with Crippen molar-refractivity contribution < 1.29 is 22.7 Å². The summed E-state index contributed by atoms with van der Waals surface area (Å²) in [5, 5.41) is 4.44. The van der Waals surface area contributed by atoms with E-state index in [9.17, 15) is 18.0 Å². The van der Waals surface area contributed by atoms with Crippen molar-refractivity contribution in [1.82, 2.24) is 24.6 Å². The van der Waals surface area contributed by atoms with Gasteiger partial charge in [-0.1, -0.05) is 0 Å². The van der Waals surface area contributed by atoms with Gasteiger partial charge in [0, 0.05) is 37.8 Å². The van der Waals surface area contributed by atoms with Crippen molar-refractivity contribution in [2.24, 2.45) is 5.41 Å². The normalized spacial score (nSPS) is 22.5. The van der Waals surface area contributed by atoms with E-state index in [2.05, 4.69) is 20.0 Å². The number of fused-ring (bicyclic) bond motifs is 1. The highest BCUT2D eigenvalue weighted by Gasteiger charge is 2.46. The van der Waals surface area contributed by atoms with Gasteiger partial charge in [-0.3, -0.25) is 4.68 Å². The SMILES string of the molecule is CC(C)(C)OC(=O)N1CCC2(CCN(c3ncnc4nn(CC(F)(F)F)cc34)C2)C1. The van der Waals surface area contributed by atoms with E-state index < -0.39 is 18.3 Å². The zero-order valence-electron chi connectivity index (χ0n) is 17.2. The monoisotopic (exact) mass is 426 g/mol. The lowest BCUT2D eigenvalue weighted by Gasteiger charge is -2.27. The molecule has 4 heterocycles. The molecule has 0 N–H and O–H groups in total. The molecule has 2 fully saturated rings. The first-order valence-electron chi connectivity index (χ1n) is 9.91. The topological polar surface area (TPSA) is 76.4 Å². The first kappa shape index (κ1) is 20.7. The van der Waals surface area contributed by atoms with E-state index in [4.69, 9.17) is 4.74 Å². The number of nitrogens with zero attached hydrogens (tertiary/aromatic N) is 6. The third-order valence-electron chi connectivity index (χ3n) is 5.51. The zero-order valence-corrected chi connectivity index (χ0v) is 17.2. The van der Waals surface area contributed by atoms with Crippen molar-refractivity contribution in [3.05, 3.63) is 12.5 Å². The average Bonchev–Trinajstić information content (AvgIpc) is 3.30. The fourth-order valence-corrected chi connectivity index (χ4v) is 4.26. The lowest BCUT2D eigenvalue weighted by Crippen LogP contribution is -2.37. The molecular formula is C19H25F3N6O2. The van der Waals surface area contributed by atoms with Crippen molar-refractivity contribution in [1.29, 1.82) is 0 Å². The number of halogens is 3. The molecule has 2 saturated heterocycles. The lowest BCUT2D eigenvalue weighted by molar-refractivity contribution is -0.142. The van der Waals surface area contributed by atoms with E-state index in [1.165, 1.54) is 12.5 Å². The molecule has 1 spiro atoms. The van der Waals surface area contributed by atoms with Gasteiger partial charge in [0.1, 0.15) is 24.3 Å². The molecule has 2 aromatic rings. The molecular weight excluding hydrogens is 401 g/mol. The van der Waals surface area contributed by atoms with Gasteiger partial charge in [-0.05, 0) is 33.6 Å². The minimum Gasteiger partial charge on any atom is -0.444 e. The Morgan fingerprint density at radius 2 is 1.90 bits per heavy atom. The number of carbonyl (C=O) groups is 1. The number of carbonyl (C=O) groups excluding carboxylic acids is 1. The number of hydrogen-bond acceptors (Lipinski definition) is 6. The van der Waals surface area contributed by atoms with Crippen molar-refractivity contribution in [2.45, 2.75) is 51.9 Å². The van der Waals surface area contributed by atoms with Crippen LogP contribution < -0.4 is 4.90 Å². The van der Waals surface area contributed by atoms with Crippen molar-refractivity contribution >= 4 is 22.9 Å². The molecule has 0 aliphatic carbocycles. The molecule has 1 unspecified atom stereocenters. The van der Waals surface area contributed by atoms with Crippen molar-refractivity contribution in [3.63, 3.8) is 0 Å². The van der Waals surface area contributed by atoms with Gasteiger partial charge >= 0.3 is 12.3 Å². The predicted molar refractivity (Wildman–Crippen MR) is 103 cm³/mol. The molecule has 11 heteroatoms. The molecule has 0 saturated carbocycles. The van der Waals surface area contributed by atoms with Crippen LogP contribution in [-0.4, -0.2) is 68.7 Å². The van der Waals surface area contributed by atoms with E-state index in [1.807, 2.05) is 20.8 Å². The maximum absolute atomic E-state index is 12.7. The number of ether oxygens (including phenoxy) is 1. The largest absolute Gasteiger partial charge is 0.444 e. The number of alkyl halides is 3. The molecule has 164 valence electrons. The molecule has 30 heavy (non-hydrogen) atoms. The Morgan fingerprint density at radius 1 is 1.17 bits per heavy atom. The van der Waals surface area contributed by atoms with Gasteiger partial charge in [0.15, 0.2) is 5.65 Å². The third-order valence-corrected chi connectivity index (χ3v) is 5.51. The first-order valence-corrected chi connectivity index (χ1v) is 9.91. The highest BCUT2D eigenvalue weighted by molar-refractivity contribution is 5.86. The Hall–Kier alpha value is -2.59. The molecule has 2 aliphatic heterocycles. The van der Waals surface area contributed by atoms with Crippen LogP contribution in [0.4, 0.5) is 23.8 Å². The Balaban J connectivity index is 1.50. The number of likely N-dealkylation sites (tertiary alicyclic amines) is 1. The second-order valence-corrected chi connectivity index (χ2v) is 9.20. The van der Waals surface area contributed by atoms with Crippen LogP contribution in [0.3, 0.4) is 0 Å². The maximum atomic E-state index is 12.7. The summed E-state index contributed by atoms with van der Waals surface area (Å²) in [4.78, 5) is 24.6. The second-order valence-electron chi connectivity index (χ2n) is 9.20. The van der Waals surface area contributed by atoms with E-state index >= 15 is 0 Å². The van der Waals surface area contributed by atoms with Gasteiger partial charge < -0.3 is 14.5 Å². The van der Waals surface area contributed by atoms with Gasteiger partial charge in [-0.2, -0.15) is 18.3 Å². The van der Waals surface area contributed by atoms with Crippen LogP contribution in [0.2, 0.25) is 0 Å². The molecule has 1 atom stereocenters.